The molecule has 20 heavy (non-hydrogen) atoms. The van der Waals surface area contributed by atoms with E-state index >= 15 is 0 Å². The molecule has 3 aliphatic rings. The van der Waals surface area contributed by atoms with Gasteiger partial charge in [-0.05, 0) is 64.1 Å². The first-order valence-electron chi connectivity index (χ1n) is 8.37. The van der Waals surface area contributed by atoms with Gasteiger partial charge < -0.3 is 15.1 Å². The van der Waals surface area contributed by atoms with Crippen molar-refractivity contribution in [2.45, 2.75) is 51.1 Å². The Morgan fingerprint density at radius 2 is 2.05 bits per heavy atom. The lowest BCUT2D eigenvalue weighted by Crippen LogP contribution is -2.57. The molecule has 3 rings (SSSR count). The summed E-state index contributed by atoms with van der Waals surface area (Å²) in [4.78, 5) is 17.4. The summed E-state index contributed by atoms with van der Waals surface area (Å²) in [5.74, 6) is 1.75. The number of amides is 1. The van der Waals surface area contributed by atoms with E-state index in [0.717, 1.165) is 32.5 Å². The van der Waals surface area contributed by atoms with E-state index in [2.05, 4.69) is 29.1 Å². The van der Waals surface area contributed by atoms with Gasteiger partial charge in [-0.2, -0.15) is 0 Å². The van der Waals surface area contributed by atoms with Gasteiger partial charge >= 0.3 is 0 Å². The van der Waals surface area contributed by atoms with Gasteiger partial charge in [-0.15, -0.1) is 0 Å². The van der Waals surface area contributed by atoms with E-state index in [4.69, 9.17) is 0 Å². The van der Waals surface area contributed by atoms with Crippen molar-refractivity contribution in [3.63, 3.8) is 0 Å². The van der Waals surface area contributed by atoms with Gasteiger partial charge in [-0.1, -0.05) is 6.92 Å². The fraction of sp³-hybridized carbons (Fsp3) is 0.938. The Hall–Kier alpha value is -0.610. The van der Waals surface area contributed by atoms with Gasteiger partial charge in [0.05, 0.1) is 6.04 Å². The third kappa shape index (κ3) is 2.86. The number of hydrogen-bond donors (Lipinski definition) is 1. The Kier molecular flexibility index (Phi) is 4.32. The second-order valence-electron chi connectivity index (χ2n) is 7.16. The highest BCUT2D eigenvalue weighted by molar-refractivity contribution is 5.82. The summed E-state index contributed by atoms with van der Waals surface area (Å²) in [5.41, 5.74) is 0. The third-order valence-corrected chi connectivity index (χ3v) is 5.62. The highest BCUT2D eigenvalue weighted by Crippen LogP contribution is 2.30. The van der Waals surface area contributed by atoms with Crippen LogP contribution in [-0.4, -0.2) is 61.0 Å². The van der Waals surface area contributed by atoms with Crippen LogP contribution in [0.5, 0.6) is 0 Å². The Labute approximate surface area is 122 Å². The van der Waals surface area contributed by atoms with Crippen molar-refractivity contribution in [3.05, 3.63) is 0 Å². The second kappa shape index (κ2) is 6.02. The molecule has 3 saturated heterocycles. The molecule has 4 heteroatoms. The summed E-state index contributed by atoms with van der Waals surface area (Å²) in [5, 5.41) is 3.43. The standard InChI is InChI=1S/C16H29N3O/c1-12-5-7-17-14(10-12)16(20)19-9-6-15-13(11-19)4-3-8-18(15)2/h12-15,17H,3-11H2,1-2H3. The van der Waals surface area contributed by atoms with Crippen LogP contribution in [0.3, 0.4) is 0 Å². The van der Waals surface area contributed by atoms with E-state index in [-0.39, 0.29) is 6.04 Å². The molecule has 0 spiro atoms. The normalized spacial score (nSPS) is 39.4. The molecular weight excluding hydrogens is 250 g/mol. The minimum atomic E-state index is 0.0802. The minimum Gasteiger partial charge on any atom is -0.341 e. The number of carbonyl (C=O) groups excluding carboxylic acids is 1. The van der Waals surface area contributed by atoms with Crippen molar-refractivity contribution in [1.82, 2.24) is 15.1 Å². The van der Waals surface area contributed by atoms with Gasteiger partial charge in [0.15, 0.2) is 0 Å². The number of carbonyl (C=O) groups is 1. The number of fused-ring (bicyclic) bond motifs is 1. The molecule has 3 aliphatic heterocycles. The van der Waals surface area contributed by atoms with Crippen LogP contribution < -0.4 is 5.32 Å². The van der Waals surface area contributed by atoms with E-state index < -0.39 is 0 Å². The van der Waals surface area contributed by atoms with Crippen molar-refractivity contribution in [2.24, 2.45) is 11.8 Å². The van der Waals surface area contributed by atoms with E-state index in [1.807, 2.05) is 0 Å². The quantitative estimate of drug-likeness (QED) is 0.786. The zero-order chi connectivity index (χ0) is 14.1. The first kappa shape index (κ1) is 14.3. The highest BCUT2D eigenvalue weighted by atomic mass is 16.2. The SMILES string of the molecule is CC1CCNC(C(=O)N2CCC3C(CCCN3C)C2)C1. The van der Waals surface area contributed by atoms with E-state index in [1.54, 1.807) is 0 Å². The van der Waals surface area contributed by atoms with Crippen LogP contribution in [0.2, 0.25) is 0 Å². The number of nitrogens with zero attached hydrogens (tertiary/aromatic N) is 2. The number of nitrogens with one attached hydrogen (secondary N) is 1. The summed E-state index contributed by atoms with van der Waals surface area (Å²) in [7, 11) is 2.25. The molecule has 0 radical (unpaired) electrons. The number of hydrogen-bond acceptors (Lipinski definition) is 3. The van der Waals surface area contributed by atoms with Crippen LogP contribution in [0, 0.1) is 11.8 Å². The third-order valence-electron chi connectivity index (χ3n) is 5.62. The van der Waals surface area contributed by atoms with Crippen molar-refractivity contribution < 1.29 is 4.79 Å². The molecule has 4 atom stereocenters. The average Bonchev–Trinajstić information content (AvgIpc) is 2.46. The zero-order valence-corrected chi connectivity index (χ0v) is 13.0. The van der Waals surface area contributed by atoms with E-state index in [0.29, 0.717) is 23.8 Å². The molecule has 0 saturated carbocycles. The van der Waals surface area contributed by atoms with Crippen molar-refractivity contribution in [3.8, 4) is 0 Å². The van der Waals surface area contributed by atoms with Crippen molar-refractivity contribution in [1.29, 1.82) is 0 Å². The van der Waals surface area contributed by atoms with Crippen LogP contribution >= 0.6 is 0 Å². The van der Waals surface area contributed by atoms with E-state index in [1.165, 1.54) is 25.8 Å². The van der Waals surface area contributed by atoms with Gasteiger partial charge in [0.2, 0.25) is 5.91 Å². The second-order valence-corrected chi connectivity index (χ2v) is 7.16. The van der Waals surface area contributed by atoms with Crippen LogP contribution in [0.25, 0.3) is 0 Å². The molecule has 1 N–H and O–H groups in total. The summed E-state index contributed by atoms with van der Waals surface area (Å²) in [6.07, 6.45) is 5.98. The fourth-order valence-electron chi connectivity index (χ4n) is 4.37. The van der Waals surface area contributed by atoms with Crippen LogP contribution in [0.15, 0.2) is 0 Å². The lowest BCUT2D eigenvalue weighted by Gasteiger charge is -2.46. The molecule has 1 amide bonds. The molecule has 0 aromatic carbocycles. The van der Waals surface area contributed by atoms with Crippen molar-refractivity contribution in [2.75, 3.05) is 33.2 Å². The summed E-state index contributed by atoms with van der Waals surface area (Å²) >= 11 is 0. The lowest BCUT2D eigenvalue weighted by atomic mass is 9.83. The lowest BCUT2D eigenvalue weighted by molar-refractivity contribution is -0.138. The maximum atomic E-state index is 12.7. The maximum absolute atomic E-state index is 12.7. The van der Waals surface area contributed by atoms with Crippen LogP contribution in [-0.2, 0) is 4.79 Å². The molecule has 3 fully saturated rings. The Bertz CT molecular complexity index is 360. The molecule has 4 unspecified atom stereocenters. The first-order chi connectivity index (χ1) is 9.65. The topological polar surface area (TPSA) is 35.6 Å². The zero-order valence-electron chi connectivity index (χ0n) is 13.0. The molecule has 0 aromatic rings. The molecule has 114 valence electrons. The predicted octanol–water partition coefficient (Wildman–Crippen LogP) is 1.32. The molecule has 0 aromatic heterocycles. The summed E-state index contributed by atoms with van der Waals surface area (Å²) in [6.45, 7) is 6.44. The number of rotatable bonds is 1. The largest absolute Gasteiger partial charge is 0.341 e. The Morgan fingerprint density at radius 3 is 2.85 bits per heavy atom. The average molecular weight is 279 g/mol. The first-order valence-corrected chi connectivity index (χ1v) is 8.37. The number of piperidine rings is 3. The monoisotopic (exact) mass is 279 g/mol. The predicted molar refractivity (Wildman–Crippen MR) is 80.5 cm³/mol. The molecule has 4 nitrogen and oxygen atoms in total. The molecule has 3 heterocycles. The summed E-state index contributed by atoms with van der Waals surface area (Å²) < 4.78 is 0. The van der Waals surface area contributed by atoms with Crippen LogP contribution in [0.4, 0.5) is 0 Å². The van der Waals surface area contributed by atoms with Gasteiger partial charge in [-0.3, -0.25) is 4.79 Å². The van der Waals surface area contributed by atoms with Gasteiger partial charge in [0.25, 0.3) is 0 Å². The van der Waals surface area contributed by atoms with Gasteiger partial charge in [-0.25, -0.2) is 0 Å². The van der Waals surface area contributed by atoms with Gasteiger partial charge in [0.1, 0.15) is 0 Å². The smallest absolute Gasteiger partial charge is 0.239 e. The Balaban J connectivity index is 1.59. The molecule has 0 bridgehead atoms. The van der Waals surface area contributed by atoms with Crippen molar-refractivity contribution >= 4 is 5.91 Å². The fourth-order valence-corrected chi connectivity index (χ4v) is 4.37. The maximum Gasteiger partial charge on any atom is 0.239 e. The van der Waals surface area contributed by atoms with E-state index in [9.17, 15) is 4.79 Å². The number of likely N-dealkylation sites (tertiary alicyclic amines) is 2. The molecular formula is C16H29N3O. The molecule has 0 aliphatic carbocycles. The highest BCUT2D eigenvalue weighted by Gasteiger charge is 2.37. The Morgan fingerprint density at radius 1 is 1.20 bits per heavy atom. The van der Waals surface area contributed by atoms with Gasteiger partial charge in [0, 0.05) is 19.1 Å². The van der Waals surface area contributed by atoms with Crippen LogP contribution in [0.1, 0.15) is 39.0 Å². The summed E-state index contributed by atoms with van der Waals surface area (Å²) in [6, 6.07) is 0.794. The minimum absolute atomic E-state index is 0.0802.